The molecule has 3 N–H and O–H groups in total. The van der Waals surface area contributed by atoms with Crippen LogP contribution in [0.25, 0.3) is 0 Å². The highest BCUT2D eigenvalue weighted by molar-refractivity contribution is 5.14. The van der Waals surface area contributed by atoms with Crippen molar-refractivity contribution in [2.75, 3.05) is 13.1 Å². The van der Waals surface area contributed by atoms with Crippen LogP contribution in [0.5, 0.6) is 0 Å². The van der Waals surface area contributed by atoms with Crippen LogP contribution in [0.1, 0.15) is 18.4 Å². The van der Waals surface area contributed by atoms with Gasteiger partial charge in [-0.25, -0.2) is 0 Å². The van der Waals surface area contributed by atoms with E-state index >= 15 is 0 Å². The molecule has 0 spiro atoms. The van der Waals surface area contributed by atoms with E-state index in [2.05, 4.69) is 40.5 Å². The normalized spacial score (nSPS) is 18.6. The Hall–Kier alpha value is -1.48. The minimum absolute atomic E-state index is 0.585. The van der Waals surface area contributed by atoms with E-state index in [1.165, 1.54) is 18.4 Å². The first-order chi connectivity index (χ1) is 8.38. The molecule has 2 rings (SSSR count). The zero-order chi connectivity index (χ0) is 11.9. The molecule has 1 aliphatic rings. The molecule has 3 nitrogen and oxygen atoms in total. The van der Waals surface area contributed by atoms with Crippen molar-refractivity contribution in [1.29, 1.82) is 0 Å². The zero-order valence-corrected chi connectivity index (χ0v) is 10.2. The van der Waals surface area contributed by atoms with Crippen molar-refractivity contribution in [2.45, 2.75) is 25.4 Å². The van der Waals surface area contributed by atoms with E-state index in [0.717, 1.165) is 19.6 Å². The Balaban J connectivity index is 1.76. The smallest absolute Gasteiger partial charge is 0.0280 e. The number of hydrogen-bond acceptors (Lipinski definition) is 3. The second kappa shape index (κ2) is 6.30. The average Bonchev–Trinajstić information content (AvgIpc) is 2.39. The van der Waals surface area contributed by atoms with Gasteiger partial charge in [0.25, 0.3) is 0 Å². The minimum Gasteiger partial charge on any atom is -0.403 e. The number of likely N-dealkylation sites (tertiary alicyclic amines) is 1. The number of piperidine rings is 1. The summed E-state index contributed by atoms with van der Waals surface area (Å²) in [4.78, 5) is 2.51. The molecule has 0 radical (unpaired) electrons. The van der Waals surface area contributed by atoms with E-state index in [-0.39, 0.29) is 0 Å². The van der Waals surface area contributed by atoms with Crippen LogP contribution in [-0.4, -0.2) is 24.0 Å². The van der Waals surface area contributed by atoms with Crippen LogP contribution < -0.4 is 11.1 Å². The summed E-state index contributed by atoms with van der Waals surface area (Å²) >= 11 is 0. The summed E-state index contributed by atoms with van der Waals surface area (Å²) in [6, 6.07) is 11.3. The van der Waals surface area contributed by atoms with E-state index in [1.54, 1.807) is 6.20 Å². The SMILES string of the molecule is N/C=C\NC1CCN(Cc2ccccc2)CC1. The Bertz CT molecular complexity index is 340. The maximum absolute atomic E-state index is 5.32. The van der Waals surface area contributed by atoms with Gasteiger partial charge in [-0.1, -0.05) is 30.3 Å². The Morgan fingerprint density at radius 3 is 2.59 bits per heavy atom. The third-order valence-corrected chi connectivity index (χ3v) is 3.26. The molecule has 0 aliphatic carbocycles. The van der Waals surface area contributed by atoms with Crippen molar-refractivity contribution >= 4 is 0 Å². The highest BCUT2D eigenvalue weighted by Gasteiger charge is 2.17. The summed E-state index contributed by atoms with van der Waals surface area (Å²) in [6.45, 7) is 3.39. The van der Waals surface area contributed by atoms with Gasteiger partial charge in [-0.3, -0.25) is 4.90 Å². The highest BCUT2D eigenvalue weighted by Crippen LogP contribution is 2.13. The summed E-state index contributed by atoms with van der Waals surface area (Å²) in [7, 11) is 0. The van der Waals surface area contributed by atoms with Crippen LogP contribution in [0.15, 0.2) is 42.7 Å². The molecule has 1 heterocycles. The maximum atomic E-state index is 5.32. The number of hydrogen-bond donors (Lipinski definition) is 2. The van der Waals surface area contributed by atoms with E-state index < -0.39 is 0 Å². The fourth-order valence-electron chi connectivity index (χ4n) is 2.29. The maximum Gasteiger partial charge on any atom is 0.0280 e. The first kappa shape index (κ1) is 12.0. The van der Waals surface area contributed by atoms with Crippen LogP contribution in [0.3, 0.4) is 0 Å². The summed E-state index contributed by atoms with van der Waals surface area (Å²) in [6.07, 6.45) is 5.79. The largest absolute Gasteiger partial charge is 0.403 e. The van der Waals surface area contributed by atoms with Gasteiger partial charge in [0, 0.05) is 38.1 Å². The first-order valence-corrected chi connectivity index (χ1v) is 6.27. The van der Waals surface area contributed by atoms with Gasteiger partial charge in [-0.05, 0) is 18.4 Å². The standard InChI is InChI=1S/C14H21N3/c15-8-9-16-14-6-10-17(11-7-14)12-13-4-2-1-3-5-13/h1-5,8-9,14,16H,6-7,10-12,15H2/b9-8-. The van der Waals surface area contributed by atoms with Gasteiger partial charge < -0.3 is 11.1 Å². The molecule has 1 aromatic carbocycles. The molecule has 1 saturated heterocycles. The summed E-state index contributed by atoms with van der Waals surface area (Å²) in [5.74, 6) is 0. The molecule has 1 aliphatic heterocycles. The van der Waals surface area contributed by atoms with Crippen molar-refractivity contribution in [1.82, 2.24) is 10.2 Å². The van der Waals surface area contributed by atoms with E-state index in [4.69, 9.17) is 5.73 Å². The topological polar surface area (TPSA) is 41.3 Å². The lowest BCUT2D eigenvalue weighted by Gasteiger charge is -2.32. The van der Waals surface area contributed by atoms with Crippen molar-refractivity contribution in [3.63, 3.8) is 0 Å². The van der Waals surface area contributed by atoms with Gasteiger partial charge in [-0.2, -0.15) is 0 Å². The third-order valence-electron chi connectivity index (χ3n) is 3.26. The van der Waals surface area contributed by atoms with Crippen molar-refractivity contribution in [3.8, 4) is 0 Å². The van der Waals surface area contributed by atoms with Gasteiger partial charge in [0.05, 0.1) is 0 Å². The number of nitrogens with two attached hydrogens (primary N) is 1. The van der Waals surface area contributed by atoms with Crippen LogP contribution in [0.4, 0.5) is 0 Å². The average molecular weight is 231 g/mol. The van der Waals surface area contributed by atoms with Crippen molar-refractivity contribution < 1.29 is 0 Å². The quantitative estimate of drug-likeness (QED) is 0.828. The molecular weight excluding hydrogens is 210 g/mol. The van der Waals surface area contributed by atoms with Gasteiger partial charge in [0.1, 0.15) is 0 Å². The minimum atomic E-state index is 0.585. The fourth-order valence-corrected chi connectivity index (χ4v) is 2.29. The van der Waals surface area contributed by atoms with Gasteiger partial charge >= 0.3 is 0 Å². The number of benzene rings is 1. The summed E-state index contributed by atoms with van der Waals surface area (Å²) < 4.78 is 0. The Kier molecular flexibility index (Phi) is 4.45. The van der Waals surface area contributed by atoms with Gasteiger partial charge in [0.2, 0.25) is 0 Å². The van der Waals surface area contributed by atoms with E-state index in [1.807, 2.05) is 6.20 Å². The van der Waals surface area contributed by atoms with Gasteiger partial charge in [-0.15, -0.1) is 0 Å². The number of nitrogens with one attached hydrogen (secondary N) is 1. The first-order valence-electron chi connectivity index (χ1n) is 6.27. The van der Waals surface area contributed by atoms with Crippen LogP contribution in [0.2, 0.25) is 0 Å². The Morgan fingerprint density at radius 1 is 1.24 bits per heavy atom. The predicted octanol–water partition coefficient (Wildman–Crippen LogP) is 1.67. The third kappa shape index (κ3) is 3.79. The molecule has 0 bridgehead atoms. The van der Waals surface area contributed by atoms with E-state index in [0.29, 0.717) is 6.04 Å². The predicted molar refractivity (Wildman–Crippen MR) is 71.2 cm³/mol. The van der Waals surface area contributed by atoms with Crippen molar-refractivity contribution in [3.05, 3.63) is 48.3 Å². The van der Waals surface area contributed by atoms with Gasteiger partial charge in [0.15, 0.2) is 0 Å². The molecule has 0 atom stereocenters. The highest BCUT2D eigenvalue weighted by atomic mass is 15.1. The molecule has 1 aromatic rings. The molecule has 0 amide bonds. The zero-order valence-electron chi connectivity index (χ0n) is 10.2. The molecule has 17 heavy (non-hydrogen) atoms. The summed E-state index contributed by atoms with van der Waals surface area (Å²) in [5.41, 5.74) is 6.73. The van der Waals surface area contributed by atoms with Crippen molar-refractivity contribution in [2.24, 2.45) is 5.73 Å². The summed E-state index contributed by atoms with van der Waals surface area (Å²) in [5, 5.41) is 3.32. The number of nitrogens with zero attached hydrogens (tertiary/aromatic N) is 1. The van der Waals surface area contributed by atoms with E-state index in [9.17, 15) is 0 Å². The molecule has 92 valence electrons. The Morgan fingerprint density at radius 2 is 1.94 bits per heavy atom. The molecular formula is C14H21N3. The number of rotatable bonds is 4. The molecule has 0 aromatic heterocycles. The molecule has 3 heteroatoms. The van der Waals surface area contributed by atoms with Crippen LogP contribution in [-0.2, 0) is 6.54 Å². The molecule has 0 unspecified atom stereocenters. The lowest BCUT2D eigenvalue weighted by atomic mass is 10.0. The second-order valence-corrected chi connectivity index (χ2v) is 4.56. The fraction of sp³-hybridized carbons (Fsp3) is 0.429. The monoisotopic (exact) mass is 231 g/mol. The molecule has 0 saturated carbocycles. The van der Waals surface area contributed by atoms with Crippen LogP contribution in [0, 0.1) is 0 Å². The Labute approximate surface area is 103 Å². The van der Waals surface area contributed by atoms with Crippen LogP contribution >= 0.6 is 0 Å². The lowest BCUT2D eigenvalue weighted by molar-refractivity contribution is 0.197. The lowest BCUT2D eigenvalue weighted by Crippen LogP contribution is -2.40. The second-order valence-electron chi connectivity index (χ2n) is 4.56. The molecule has 1 fully saturated rings.